The summed E-state index contributed by atoms with van der Waals surface area (Å²) >= 11 is 0. The third kappa shape index (κ3) is 2.79. The molecule has 1 heteroatoms. The maximum absolute atomic E-state index is 5.44. The van der Waals surface area contributed by atoms with E-state index in [0.717, 1.165) is 5.75 Å². The molecule has 0 N–H and O–H groups in total. The topological polar surface area (TPSA) is 9.23 Å². The van der Waals surface area contributed by atoms with Crippen LogP contribution < -0.4 is 4.74 Å². The molecule has 0 fully saturated rings. The minimum Gasteiger partial charge on any atom is -0.490 e. The molecule has 0 aliphatic carbocycles. The molecule has 1 aromatic rings. The summed E-state index contributed by atoms with van der Waals surface area (Å²) in [6.07, 6.45) is 3.97. The van der Waals surface area contributed by atoms with Crippen molar-refractivity contribution in [3.05, 3.63) is 42.0 Å². The van der Waals surface area contributed by atoms with Crippen molar-refractivity contribution in [3.8, 4) is 5.75 Å². The van der Waals surface area contributed by atoms with Gasteiger partial charge in [0.15, 0.2) is 0 Å². The van der Waals surface area contributed by atoms with Crippen LogP contribution in [0.25, 0.3) is 0 Å². The van der Waals surface area contributed by atoms with Crippen LogP contribution in [0.2, 0.25) is 0 Å². The summed E-state index contributed by atoms with van der Waals surface area (Å²) in [5.74, 6) is 0.938. The van der Waals surface area contributed by atoms with E-state index in [2.05, 4.69) is 13.0 Å². The second-order valence-corrected chi connectivity index (χ2v) is 2.70. The zero-order valence-corrected chi connectivity index (χ0v) is 7.58. The Morgan fingerprint density at radius 3 is 2.92 bits per heavy atom. The molecular weight excluding hydrogens is 148 g/mol. The van der Waals surface area contributed by atoms with E-state index in [-0.39, 0.29) is 0 Å². The highest BCUT2D eigenvalue weighted by Crippen LogP contribution is 2.11. The van der Waals surface area contributed by atoms with Gasteiger partial charge in [0, 0.05) is 0 Å². The number of rotatable bonds is 3. The minimum absolute atomic E-state index is 0.653. The number of hydrogen-bond acceptors (Lipinski definition) is 1. The van der Waals surface area contributed by atoms with Gasteiger partial charge in [-0.25, -0.2) is 0 Å². The molecule has 0 aromatic heterocycles. The molecule has 0 saturated heterocycles. The average molecular weight is 162 g/mol. The summed E-state index contributed by atoms with van der Waals surface area (Å²) in [6, 6.07) is 8.06. The summed E-state index contributed by atoms with van der Waals surface area (Å²) in [6.45, 7) is 4.70. The SMILES string of the molecule is C/C=C/COc1cccc(C)c1. The molecule has 0 heterocycles. The maximum atomic E-state index is 5.44. The highest BCUT2D eigenvalue weighted by molar-refractivity contribution is 5.27. The first kappa shape index (κ1) is 8.85. The second-order valence-electron chi connectivity index (χ2n) is 2.70. The van der Waals surface area contributed by atoms with Crippen LogP contribution in [-0.4, -0.2) is 6.61 Å². The van der Waals surface area contributed by atoms with E-state index in [1.54, 1.807) is 0 Å². The summed E-state index contributed by atoms with van der Waals surface area (Å²) in [5, 5.41) is 0. The number of allylic oxidation sites excluding steroid dienone is 1. The second kappa shape index (κ2) is 4.60. The standard InChI is InChI=1S/C11H14O/c1-3-4-8-12-11-7-5-6-10(2)9-11/h3-7,9H,8H2,1-2H3/b4-3+. The van der Waals surface area contributed by atoms with E-state index in [0.29, 0.717) is 6.61 Å². The molecule has 0 atom stereocenters. The molecule has 64 valence electrons. The predicted molar refractivity (Wildman–Crippen MR) is 51.5 cm³/mol. The molecule has 0 amide bonds. The van der Waals surface area contributed by atoms with Gasteiger partial charge in [-0.1, -0.05) is 24.3 Å². The monoisotopic (exact) mass is 162 g/mol. The average Bonchev–Trinajstić information content (AvgIpc) is 2.05. The summed E-state index contributed by atoms with van der Waals surface area (Å²) in [4.78, 5) is 0. The Hall–Kier alpha value is -1.24. The molecule has 0 bridgehead atoms. The molecule has 0 spiro atoms. The fraction of sp³-hybridized carbons (Fsp3) is 0.273. The van der Waals surface area contributed by atoms with Gasteiger partial charge in [-0.2, -0.15) is 0 Å². The third-order valence-electron chi connectivity index (χ3n) is 1.57. The molecule has 0 saturated carbocycles. The lowest BCUT2D eigenvalue weighted by molar-refractivity contribution is 0.362. The van der Waals surface area contributed by atoms with E-state index < -0.39 is 0 Å². The largest absolute Gasteiger partial charge is 0.490 e. The van der Waals surface area contributed by atoms with E-state index in [1.165, 1.54) is 5.56 Å². The lowest BCUT2D eigenvalue weighted by atomic mass is 10.2. The lowest BCUT2D eigenvalue weighted by Gasteiger charge is -2.02. The van der Waals surface area contributed by atoms with Gasteiger partial charge in [0.1, 0.15) is 12.4 Å². The van der Waals surface area contributed by atoms with Crippen LogP contribution >= 0.6 is 0 Å². The summed E-state index contributed by atoms with van der Waals surface area (Å²) in [7, 11) is 0. The van der Waals surface area contributed by atoms with Crippen molar-refractivity contribution in [3.63, 3.8) is 0 Å². The molecule has 12 heavy (non-hydrogen) atoms. The molecule has 1 aromatic carbocycles. The molecule has 0 aliphatic heterocycles. The van der Waals surface area contributed by atoms with Gasteiger partial charge in [-0.3, -0.25) is 0 Å². The Kier molecular flexibility index (Phi) is 3.39. The molecule has 0 radical (unpaired) electrons. The zero-order chi connectivity index (χ0) is 8.81. The highest BCUT2D eigenvalue weighted by Gasteiger charge is 1.90. The fourth-order valence-corrected chi connectivity index (χ4v) is 0.946. The molecule has 0 aliphatic rings. The van der Waals surface area contributed by atoms with Gasteiger partial charge < -0.3 is 4.74 Å². The molecule has 1 nitrogen and oxygen atoms in total. The van der Waals surface area contributed by atoms with Crippen molar-refractivity contribution >= 4 is 0 Å². The van der Waals surface area contributed by atoms with Gasteiger partial charge in [-0.15, -0.1) is 0 Å². The van der Waals surface area contributed by atoms with Crippen LogP contribution in [0.4, 0.5) is 0 Å². The Balaban J connectivity index is 2.52. The van der Waals surface area contributed by atoms with Gasteiger partial charge in [0.2, 0.25) is 0 Å². The van der Waals surface area contributed by atoms with E-state index in [1.807, 2.05) is 37.3 Å². The summed E-state index contributed by atoms with van der Waals surface area (Å²) < 4.78 is 5.44. The number of hydrogen-bond donors (Lipinski definition) is 0. The normalized spacial score (nSPS) is 10.5. The van der Waals surface area contributed by atoms with Crippen LogP contribution in [0.3, 0.4) is 0 Å². The molecular formula is C11H14O. The number of ether oxygens (including phenoxy) is 1. The van der Waals surface area contributed by atoms with Gasteiger partial charge >= 0.3 is 0 Å². The molecule has 0 unspecified atom stereocenters. The number of aryl methyl sites for hydroxylation is 1. The first-order chi connectivity index (χ1) is 5.83. The van der Waals surface area contributed by atoms with Gasteiger partial charge in [0.25, 0.3) is 0 Å². The Bertz CT molecular complexity index is 263. The minimum atomic E-state index is 0.653. The van der Waals surface area contributed by atoms with Crippen molar-refractivity contribution in [1.29, 1.82) is 0 Å². The van der Waals surface area contributed by atoms with Crippen molar-refractivity contribution in [2.24, 2.45) is 0 Å². The van der Waals surface area contributed by atoms with Gasteiger partial charge in [0.05, 0.1) is 0 Å². The first-order valence-electron chi connectivity index (χ1n) is 4.13. The Morgan fingerprint density at radius 1 is 1.42 bits per heavy atom. The Morgan fingerprint density at radius 2 is 2.25 bits per heavy atom. The predicted octanol–water partition coefficient (Wildman–Crippen LogP) is 2.95. The van der Waals surface area contributed by atoms with Gasteiger partial charge in [-0.05, 0) is 31.5 Å². The summed E-state index contributed by atoms with van der Waals surface area (Å²) in [5.41, 5.74) is 1.23. The van der Waals surface area contributed by atoms with Crippen molar-refractivity contribution < 1.29 is 4.74 Å². The third-order valence-corrected chi connectivity index (χ3v) is 1.57. The van der Waals surface area contributed by atoms with Crippen LogP contribution in [-0.2, 0) is 0 Å². The van der Waals surface area contributed by atoms with Crippen molar-refractivity contribution in [2.45, 2.75) is 13.8 Å². The lowest BCUT2D eigenvalue weighted by Crippen LogP contribution is -1.92. The first-order valence-corrected chi connectivity index (χ1v) is 4.13. The highest BCUT2D eigenvalue weighted by atomic mass is 16.5. The maximum Gasteiger partial charge on any atom is 0.120 e. The van der Waals surface area contributed by atoms with E-state index >= 15 is 0 Å². The van der Waals surface area contributed by atoms with Crippen LogP contribution in [0, 0.1) is 6.92 Å². The number of benzene rings is 1. The van der Waals surface area contributed by atoms with Crippen LogP contribution in [0.15, 0.2) is 36.4 Å². The van der Waals surface area contributed by atoms with Crippen molar-refractivity contribution in [1.82, 2.24) is 0 Å². The van der Waals surface area contributed by atoms with Crippen LogP contribution in [0.5, 0.6) is 5.75 Å². The van der Waals surface area contributed by atoms with E-state index in [9.17, 15) is 0 Å². The fourth-order valence-electron chi connectivity index (χ4n) is 0.946. The van der Waals surface area contributed by atoms with E-state index in [4.69, 9.17) is 4.74 Å². The Labute approximate surface area is 73.7 Å². The molecule has 1 rings (SSSR count). The smallest absolute Gasteiger partial charge is 0.120 e. The van der Waals surface area contributed by atoms with Crippen molar-refractivity contribution in [2.75, 3.05) is 6.61 Å². The van der Waals surface area contributed by atoms with Crippen LogP contribution in [0.1, 0.15) is 12.5 Å². The zero-order valence-electron chi connectivity index (χ0n) is 7.58. The quantitative estimate of drug-likeness (QED) is 0.621.